The van der Waals surface area contributed by atoms with Gasteiger partial charge in [-0.15, -0.1) is 0 Å². The molecule has 2 heterocycles. The fraction of sp³-hybridized carbons (Fsp3) is 0.333. The Morgan fingerprint density at radius 3 is 2.56 bits per heavy atom. The van der Waals surface area contributed by atoms with Crippen LogP contribution in [0.25, 0.3) is 0 Å². The lowest BCUT2D eigenvalue weighted by atomic mass is 10.2. The minimum atomic E-state index is -0.314. The Balaban J connectivity index is 1.43. The maximum atomic E-state index is 13.8. The lowest BCUT2D eigenvalue weighted by Crippen LogP contribution is -2.45. The summed E-state index contributed by atoms with van der Waals surface area (Å²) in [6.45, 7) is 8.72. The van der Waals surface area contributed by atoms with Crippen LogP contribution in [0.4, 0.5) is 21.5 Å². The molecule has 0 aliphatic carbocycles. The number of allylic oxidation sites excluding steroid dienone is 1. The number of pyridine rings is 1. The molecular weight excluding hydrogens is 493 g/mol. The number of anilines is 3. The molecule has 1 amide bonds. The van der Waals surface area contributed by atoms with Crippen molar-refractivity contribution in [3.63, 3.8) is 0 Å². The first kappa shape index (κ1) is 28.1. The van der Waals surface area contributed by atoms with Crippen LogP contribution in [0.15, 0.2) is 78.8 Å². The quantitative estimate of drug-likeness (QED) is 0.315. The van der Waals surface area contributed by atoms with E-state index in [0.717, 1.165) is 57.1 Å². The van der Waals surface area contributed by atoms with Gasteiger partial charge >= 0.3 is 0 Å². The summed E-state index contributed by atoms with van der Waals surface area (Å²) in [5.41, 5.74) is 8.97. The molecule has 0 saturated carbocycles. The molecule has 0 bridgehead atoms. The molecule has 9 heteroatoms. The van der Waals surface area contributed by atoms with Crippen LogP contribution in [0.2, 0.25) is 0 Å². The minimum absolute atomic E-state index is 0.285. The van der Waals surface area contributed by atoms with Crippen molar-refractivity contribution in [2.24, 2.45) is 0 Å². The number of likely N-dealkylation sites (N-methyl/N-ethyl adjacent to an activating group) is 1. The smallest absolute Gasteiger partial charge is 0.274 e. The van der Waals surface area contributed by atoms with Gasteiger partial charge in [0.25, 0.3) is 5.91 Å². The summed E-state index contributed by atoms with van der Waals surface area (Å²) in [5.74, 6) is 0.290. The zero-order chi connectivity index (χ0) is 27.6. The molecule has 0 spiro atoms. The van der Waals surface area contributed by atoms with Crippen molar-refractivity contribution in [2.75, 3.05) is 62.7 Å². The third-order valence-corrected chi connectivity index (χ3v) is 6.85. The summed E-state index contributed by atoms with van der Waals surface area (Å²) in [6, 6.07) is 17.2. The molecule has 0 radical (unpaired) electrons. The van der Waals surface area contributed by atoms with Crippen LogP contribution in [0.3, 0.4) is 0 Å². The van der Waals surface area contributed by atoms with Crippen LogP contribution in [-0.2, 0) is 6.54 Å². The highest BCUT2D eigenvalue weighted by Gasteiger charge is 2.16. The third-order valence-electron chi connectivity index (χ3n) is 6.85. The molecule has 0 atom stereocenters. The second-order valence-corrected chi connectivity index (χ2v) is 9.82. The number of hydrogen-bond donors (Lipinski definition) is 3. The fourth-order valence-electron chi connectivity index (χ4n) is 4.56. The van der Waals surface area contributed by atoms with E-state index in [1.54, 1.807) is 30.5 Å². The van der Waals surface area contributed by atoms with Gasteiger partial charge in [0.2, 0.25) is 0 Å². The predicted molar refractivity (Wildman–Crippen MR) is 156 cm³/mol. The van der Waals surface area contributed by atoms with E-state index in [2.05, 4.69) is 37.4 Å². The number of carbonyl (C=O) groups excluding carboxylic acids is 1. The summed E-state index contributed by atoms with van der Waals surface area (Å²) in [7, 11) is 2.16. The second kappa shape index (κ2) is 13.7. The Labute approximate surface area is 230 Å². The average Bonchev–Trinajstić information content (AvgIpc) is 2.94. The summed E-state index contributed by atoms with van der Waals surface area (Å²) in [6.07, 6.45) is 4.71. The molecule has 1 aliphatic rings. The number of para-hydroxylation sites is 2. The largest absolute Gasteiger partial charge is 0.397 e. The second-order valence-electron chi connectivity index (χ2n) is 9.82. The first-order valence-electron chi connectivity index (χ1n) is 13.4. The number of nitrogens with two attached hydrogens (primary N) is 1. The summed E-state index contributed by atoms with van der Waals surface area (Å²) < 4.78 is 13.8. The number of piperazine rings is 1. The molecule has 206 valence electrons. The molecule has 39 heavy (non-hydrogen) atoms. The van der Waals surface area contributed by atoms with E-state index in [0.29, 0.717) is 29.3 Å². The highest BCUT2D eigenvalue weighted by Crippen LogP contribution is 2.19. The lowest BCUT2D eigenvalue weighted by Gasteiger charge is -2.33. The van der Waals surface area contributed by atoms with Crippen molar-refractivity contribution in [2.45, 2.75) is 19.9 Å². The van der Waals surface area contributed by atoms with Gasteiger partial charge in [0, 0.05) is 51.2 Å². The van der Waals surface area contributed by atoms with Crippen LogP contribution in [0.1, 0.15) is 29.4 Å². The molecular formula is C30H38FN7O. The zero-order valence-corrected chi connectivity index (χ0v) is 22.7. The number of carbonyl (C=O) groups is 1. The topological polar surface area (TPSA) is 89.8 Å². The third kappa shape index (κ3) is 8.27. The monoisotopic (exact) mass is 531 g/mol. The van der Waals surface area contributed by atoms with Crippen LogP contribution >= 0.6 is 0 Å². The zero-order valence-electron chi connectivity index (χ0n) is 22.7. The van der Waals surface area contributed by atoms with Crippen molar-refractivity contribution in [1.82, 2.24) is 19.7 Å². The molecule has 1 fully saturated rings. The van der Waals surface area contributed by atoms with Crippen molar-refractivity contribution >= 4 is 23.0 Å². The van der Waals surface area contributed by atoms with Crippen LogP contribution < -0.4 is 16.4 Å². The van der Waals surface area contributed by atoms with Gasteiger partial charge in [-0.25, -0.2) is 4.39 Å². The van der Waals surface area contributed by atoms with Gasteiger partial charge in [-0.05, 0) is 75.0 Å². The van der Waals surface area contributed by atoms with Crippen molar-refractivity contribution in [3.05, 3.63) is 95.8 Å². The van der Waals surface area contributed by atoms with Crippen LogP contribution in [-0.4, -0.2) is 71.9 Å². The Kier molecular flexibility index (Phi) is 9.88. The highest BCUT2D eigenvalue weighted by molar-refractivity contribution is 6.04. The van der Waals surface area contributed by atoms with Crippen molar-refractivity contribution in [3.8, 4) is 0 Å². The van der Waals surface area contributed by atoms with E-state index in [-0.39, 0.29) is 11.7 Å². The summed E-state index contributed by atoms with van der Waals surface area (Å²) in [5, 5.41) is 6.19. The van der Waals surface area contributed by atoms with E-state index in [9.17, 15) is 9.18 Å². The average molecular weight is 532 g/mol. The van der Waals surface area contributed by atoms with Gasteiger partial charge in [-0.2, -0.15) is 0 Å². The molecule has 1 aromatic heterocycles. The molecule has 2 aromatic carbocycles. The molecule has 3 aromatic rings. The lowest BCUT2D eigenvalue weighted by molar-refractivity contribution is 0.102. The van der Waals surface area contributed by atoms with E-state index < -0.39 is 0 Å². The Hall–Kier alpha value is -3.95. The number of nitrogens with zero attached hydrogens (tertiary/aromatic N) is 4. The Morgan fingerprint density at radius 2 is 1.87 bits per heavy atom. The first-order chi connectivity index (χ1) is 18.9. The Bertz CT molecular complexity index is 1260. The molecule has 1 aliphatic heterocycles. The van der Waals surface area contributed by atoms with Crippen molar-refractivity contribution in [1.29, 1.82) is 0 Å². The normalized spacial score (nSPS) is 14.7. The number of nitrogens with one attached hydrogen (secondary N) is 2. The van der Waals surface area contributed by atoms with Gasteiger partial charge in [0.1, 0.15) is 17.3 Å². The van der Waals surface area contributed by atoms with E-state index in [1.165, 1.54) is 12.1 Å². The van der Waals surface area contributed by atoms with Gasteiger partial charge in [-0.1, -0.05) is 24.3 Å². The van der Waals surface area contributed by atoms with E-state index in [4.69, 9.17) is 5.73 Å². The van der Waals surface area contributed by atoms with Crippen LogP contribution in [0, 0.1) is 5.82 Å². The fourth-order valence-corrected chi connectivity index (χ4v) is 4.56. The highest BCUT2D eigenvalue weighted by atomic mass is 19.1. The van der Waals surface area contributed by atoms with Gasteiger partial charge < -0.3 is 31.1 Å². The number of halogens is 1. The van der Waals surface area contributed by atoms with Gasteiger partial charge in [0.05, 0.1) is 11.4 Å². The Morgan fingerprint density at radius 1 is 1.08 bits per heavy atom. The number of nitrogen functional groups attached to an aromatic ring is 1. The van der Waals surface area contributed by atoms with Gasteiger partial charge in [0.15, 0.2) is 0 Å². The number of amides is 1. The van der Waals surface area contributed by atoms with Gasteiger partial charge in [-0.3, -0.25) is 9.78 Å². The molecule has 8 nitrogen and oxygen atoms in total. The minimum Gasteiger partial charge on any atom is -0.397 e. The summed E-state index contributed by atoms with van der Waals surface area (Å²) >= 11 is 0. The molecule has 4 rings (SSSR count). The maximum Gasteiger partial charge on any atom is 0.274 e. The van der Waals surface area contributed by atoms with E-state index >= 15 is 0 Å². The summed E-state index contributed by atoms with van der Waals surface area (Å²) in [4.78, 5) is 24.2. The first-order valence-corrected chi connectivity index (χ1v) is 13.4. The molecule has 4 N–H and O–H groups in total. The molecule has 0 unspecified atom stereocenters. The predicted octanol–water partition coefficient (Wildman–Crippen LogP) is 4.47. The van der Waals surface area contributed by atoms with E-state index in [1.807, 2.05) is 37.3 Å². The standard InChI is InChI=1S/C30H38FN7O/c1-3-29(34-25-9-6-8-24(31)20-25)38(15-7-14-37-18-16-36(2)17-19-37)22-23-12-13-28(33-21-23)30(39)35-27-11-5-4-10-26(27)32/h3-6,8-13,20-21,34H,7,14-19,22,32H2,1-2H3,(H,35,39)/b29-3-. The van der Waals surface area contributed by atoms with Crippen LogP contribution in [0.5, 0.6) is 0 Å². The SMILES string of the molecule is C/C=C(/Nc1cccc(F)c1)N(CCCN1CCN(C)CC1)Cc1ccc(C(=O)Nc2ccccc2N)nc1. The van der Waals surface area contributed by atoms with Crippen molar-refractivity contribution < 1.29 is 9.18 Å². The number of rotatable bonds is 11. The number of hydrogen-bond acceptors (Lipinski definition) is 7. The maximum absolute atomic E-state index is 13.8. The molecule has 1 saturated heterocycles. The number of aromatic nitrogens is 1. The number of benzene rings is 2.